The molecular formula is C6H13N2O. The van der Waals surface area contributed by atoms with Gasteiger partial charge in [0.15, 0.2) is 0 Å². The molecule has 53 valence electrons. The van der Waals surface area contributed by atoms with E-state index in [0.29, 0.717) is 0 Å². The normalized spacial score (nSPS) is 22.3. The molecule has 0 N–H and O–H groups in total. The van der Waals surface area contributed by atoms with Crippen molar-refractivity contribution in [2.24, 2.45) is 0 Å². The molecule has 0 bridgehead atoms. The Hall–Kier alpha value is -0.120. The summed E-state index contributed by atoms with van der Waals surface area (Å²) in [7, 11) is 1.73. The van der Waals surface area contributed by atoms with Gasteiger partial charge in [0.25, 0.3) is 0 Å². The van der Waals surface area contributed by atoms with Crippen LogP contribution in [0.3, 0.4) is 0 Å². The Morgan fingerprint density at radius 2 is 2.11 bits per heavy atom. The van der Waals surface area contributed by atoms with Crippen LogP contribution in [0.1, 0.15) is 0 Å². The summed E-state index contributed by atoms with van der Waals surface area (Å²) in [5.74, 6) is 0. The molecule has 3 heteroatoms. The van der Waals surface area contributed by atoms with Crippen LogP contribution in [0.2, 0.25) is 0 Å². The highest BCUT2D eigenvalue weighted by Crippen LogP contribution is 1.91. The van der Waals surface area contributed by atoms with E-state index < -0.39 is 0 Å². The molecule has 1 rings (SSSR count). The van der Waals surface area contributed by atoms with Gasteiger partial charge >= 0.3 is 0 Å². The Kier molecular flexibility index (Phi) is 2.97. The quantitative estimate of drug-likeness (QED) is 0.503. The fourth-order valence-corrected chi connectivity index (χ4v) is 0.960. The second-order valence-corrected chi connectivity index (χ2v) is 2.21. The molecule has 1 aliphatic rings. The second kappa shape index (κ2) is 3.82. The average Bonchev–Trinajstić information content (AvgIpc) is 1.91. The zero-order valence-corrected chi connectivity index (χ0v) is 5.84. The molecule has 3 nitrogen and oxygen atoms in total. The minimum atomic E-state index is 0.759. The maximum absolute atomic E-state index is 4.97. The molecule has 0 spiro atoms. The van der Waals surface area contributed by atoms with Crippen molar-refractivity contribution in [2.45, 2.75) is 0 Å². The van der Waals surface area contributed by atoms with Crippen molar-refractivity contribution in [3.05, 3.63) is 0 Å². The zero-order chi connectivity index (χ0) is 6.53. The van der Waals surface area contributed by atoms with Crippen LogP contribution in [-0.2, 0) is 4.74 Å². The van der Waals surface area contributed by atoms with Crippen LogP contribution in [0.4, 0.5) is 0 Å². The van der Waals surface area contributed by atoms with Gasteiger partial charge in [-0.05, 0) is 0 Å². The molecular weight excluding hydrogens is 116 g/mol. The van der Waals surface area contributed by atoms with Gasteiger partial charge in [-0.3, -0.25) is 4.90 Å². The van der Waals surface area contributed by atoms with Crippen molar-refractivity contribution in [3.8, 4) is 0 Å². The highest BCUT2D eigenvalue weighted by atomic mass is 16.5. The number of hydrogen-bond donors (Lipinski definition) is 0. The summed E-state index contributed by atoms with van der Waals surface area (Å²) in [5.41, 5.74) is 0. The van der Waals surface area contributed by atoms with Crippen molar-refractivity contribution in [3.63, 3.8) is 0 Å². The second-order valence-electron chi connectivity index (χ2n) is 2.21. The van der Waals surface area contributed by atoms with Gasteiger partial charge in [-0.25, -0.2) is 5.32 Å². The van der Waals surface area contributed by atoms with Crippen molar-refractivity contribution < 1.29 is 4.74 Å². The fourth-order valence-electron chi connectivity index (χ4n) is 0.960. The molecule has 0 atom stereocenters. The Balaban J connectivity index is 2.08. The highest BCUT2D eigenvalue weighted by molar-refractivity contribution is 4.63. The lowest BCUT2D eigenvalue weighted by atomic mass is 10.4. The number of hydrogen-bond acceptors (Lipinski definition) is 2. The third-order valence-corrected chi connectivity index (χ3v) is 1.46. The van der Waals surface area contributed by atoms with Gasteiger partial charge in [0, 0.05) is 33.3 Å². The first-order valence-corrected chi connectivity index (χ1v) is 3.28. The summed E-state index contributed by atoms with van der Waals surface area (Å²) >= 11 is 0. The maximum Gasteiger partial charge on any atom is 0.0987 e. The van der Waals surface area contributed by atoms with Gasteiger partial charge in [0.2, 0.25) is 0 Å². The van der Waals surface area contributed by atoms with E-state index in [1.54, 1.807) is 7.11 Å². The summed E-state index contributed by atoms with van der Waals surface area (Å²) in [4.78, 5) is 2.26. The standard InChI is InChI=1S/C6H13N2O/c1-9-6-8-4-2-7-3-5-8/h2-6H2,1H3. The van der Waals surface area contributed by atoms with Crippen LogP contribution < -0.4 is 5.32 Å². The van der Waals surface area contributed by atoms with Gasteiger partial charge in [0.05, 0.1) is 6.73 Å². The van der Waals surface area contributed by atoms with Crippen molar-refractivity contribution in [2.75, 3.05) is 40.0 Å². The third kappa shape index (κ3) is 2.30. The van der Waals surface area contributed by atoms with Gasteiger partial charge < -0.3 is 4.74 Å². The molecule has 9 heavy (non-hydrogen) atoms. The lowest BCUT2D eigenvalue weighted by Crippen LogP contribution is -2.40. The first kappa shape index (κ1) is 6.99. The summed E-state index contributed by atoms with van der Waals surface area (Å²) < 4.78 is 4.97. The van der Waals surface area contributed by atoms with E-state index in [4.69, 9.17) is 4.74 Å². The molecule has 0 aromatic rings. The first-order chi connectivity index (χ1) is 4.43. The van der Waals surface area contributed by atoms with Crippen LogP contribution in [-0.4, -0.2) is 44.9 Å². The van der Waals surface area contributed by atoms with Crippen molar-refractivity contribution >= 4 is 0 Å². The number of nitrogens with zero attached hydrogens (tertiary/aromatic N) is 2. The smallest absolute Gasteiger partial charge is 0.0987 e. The lowest BCUT2D eigenvalue weighted by Gasteiger charge is -2.24. The van der Waals surface area contributed by atoms with Crippen LogP contribution >= 0.6 is 0 Å². The van der Waals surface area contributed by atoms with Gasteiger partial charge in [0.1, 0.15) is 0 Å². The monoisotopic (exact) mass is 129 g/mol. The van der Waals surface area contributed by atoms with E-state index in [1.165, 1.54) is 0 Å². The zero-order valence-electron chi connectivity index (χ0n) is 5.84. The summed E-state index contributed by atoms with van der Waals surface area (Å²) in [6.45, 7) is 4.84. The molecule has 0 aliphatic carbocycles. The molecule has 1 fully saturated rings. The van der Waals surface area contributed by atoms with Crippen molar-refractivity contribution in [1.29, 1.82) is 0 Å². The van der Waals surface area contributed by atoms with E-state index in [2.05, 4.69) is 10.2 Å². The minimum Gasteiger partial charge on any atom is -0.369 e. The SMILES string of the molecule is COCN1CC[N]CC1. The number of piperazine rings is 1. The number of rotatable bonds is 2. The fraction of sp³-hybridized carbons (Fsp3) is 1.00. The predicted molar refractivity (Wildman–Crippen MR) is 35.3 cm³/mol. The molecule has 1 radical (unpaired) electrons. The Morgan fingerprint density at radius 1 is 1.44 bits per heavy atom. The topological polar surface area (TPSA) is 26.6 Å². The Bertz CT molecular complexity index is 68.7. The Morgan fingerprint density at radius 3 is 2.67 bits per heavy atom. The molecule has 1 heterocycles. The van der Waals surface area contributed by atoms with Crippen LogP contribution in [0.25, 0.3) is 0 Å². The van der Waals surface area contributed by atoms with Crippen LogP contribution in [0.5, 0.6) is 0 Å². The van der Waals surface area contributed by atoms with E-state index >= 15 is 0 Å². The molecule has 1 saturated heterocycles. The molecule has 0 aromatic heterocycles. The maximum atomic E-state index is 4.97. The predicted octanol–water partition coefficient (Wildman–Crippen LogP) is -0.490. The molecule has 0 aromatic carbocycles. The largest absolute Gasteiger partial charge is 0.369 e. The average molecular weight is 129 g/mol. The molecule has 0 amide bonds. The van der Waals surface area contributed by atoms with Gasteiger partial charge in [-0.15, -0.1) is 0 Å². The highest BCUT2D eigenvalue weighted by Gasteiger charge is 2.07. The Labute approximate surface area is 56.0 Å². The number of methoxy groups -OCH3 is 1. The molecule has 1 aliphatic heterocycles. The molecule has 0 saturated carbocycles. The van der Waals surface area contributed by atoms with Crippen LogP contribution in [0, 0.1) is 0 Å². The van der Waals surface area contributed by atoms with E-state index in [-0.39, 0.29) is 0 Å². The summed E-state index contributed by atoms with van der Waals surface area (Å²) in [5, 5.41) is 4.21. The minimum absolute atomic E-state index is 0.759. The third-order valence-electron chi connectivity index (χ3n) is 1.46. The van der Waals surface area contributed by atoms with E-state index in [9.17, 15) is 0 Å². The molecule has 0 unspecified atom stereocenters. The lowest BCUT2D eigenvalue weighted by molar-refractivity contribution is 0.0547. The van der Waals surface area contributed by atoms with Crippen molar-refractivity contribution in [1.82, 2.24) is 10.2 Å². The summed E-state index contributed by atoms with van der Waals surface area (Å²) in [6, 6.07) is 0. The number of ether oxygens (including phenoxy) is 1. The van der Waals surface area contributed by atoms with E-state index in [1.807, 2.05) is 0 Å². The van der Waals surface area contributed by atoms with Crippen LogP contribution in [0.15, 0.2) is 0 Å². The van der Waals surface area contributed by atoms with Gasteiger partial charge in [-0.1, -0.05) is 0 Å². The van der Waals surface area contributed by atoms with E-state index in [0.717, 1.165) is 32.9 Å². The van der Waals surface area contributed by atoms with Gasteiger partial charge in [-0.2, -0.15) is 0 Å². The first-order valence-electron chi connectivity index (χ1n) is 3.28. The summed E-state index contributed by atoms with van der Waals surface area (Å²) in [6.07, 6.45) is 0.